The molecule has 1 fully saturated rings. The van der Waals surface area contributed by atoms with Crippen LogP contribution in [-0.4, -0.2) is 64.4 Å². The predicted molar refractivity (Wildman–Crippen MR) is 81.7 cm³/mol. The fraction of sp³-hybridized carbons (Fsp3) is 0.545. The van der Waals surface area contributed by atoms with Gasteiger partial charge in [0.25, 0.3) is 15.9 Å². The van der Waals surface area contributed by atoms with E-state index >= 15 is 0 Å². The molecule has 1 aliphatic heterocycles. The van der Waals surface area contributed by atoms with E-state index in [2.05, 4.69) is 25.6 Å². The predicted octanol–water partition coefficient (Wildman–Crippen LogP) is 0.806. The van der Waals surface area contributed by atoms with Gasteiger partial charge < -0.3 is 9.80 Å². The lowest BCUT2D eigenvalue weighted by molar-refractivity contribution is 0.0669. The number of rotatable bonds is 3. The quantitative estimate of drug-likeness (QED) is 0.840. The number of thiophene rings is 1. The molecule has 0 aromatic carbocycles. The topological polar surface area (TPSA) is 69.7 Å². The molecule has 112 valence electrons. The normalized spacial score (nSPS) is 17.4. The van der Waals surface area contributed by atoms with E-state index in [-0.39, 0.29) is 10.1 Å². The van der Waals surface area contributed by atoms with Crippen molar-refractivity contribution in [1.29, 1.82) is 0 Å². The Morgan fingerprint density at radius 2 is 1.95 bits per heavy atom. The van der Waals surface area contributed by atoms with Gasteiger partial charge in [-0.05, 0) is 36.1 Å². The number of halogens is 1. The summed E-state index contributed by atoms with van der Waals surface area (Å²) in [5, 5.41) is 0. The molecule has 6 nitrogen and oxygen atoms in total. The van der Waals surface area contributed by atoms with Crippen LogP contribution in [0, 0.1) is 0 Å². The van der Waals surface area contributed by atoms with E-state index in [9.17, 15) is 13.2 Å². The lowest BCUT2D eigenvalue weighted by Crippen LogP contribution is -2.46. The van der Waals surface area contributed by atoms with E-state index in [1.165, 1.54) is 7.05 Å². The number of carbonyl (C=O) groups is 1. The third kappa shape index (κ3) is 3.22. The van der Waals surface area contributed by atoms with Gasteiger partial charge in [-0.3, -0.25) is 4.79 Å². The molecule has 2 heterocycles. The van der Waals surface area contributed by atoms with Gasteiger partial charge in [-0.1, -0.05) is 0 Å². The highest BCUT2D eigenvalue weighted by Crippen LogP contribution is 2.32. The molecule has 20 heavy (non-hydrogen) atoms. The van der Waals surface area contributed by atoms with Crippen LogP contribution in [0.15, 0.2) is 14.7 Å². The van der Waals surface area contributed by atoms with Crippen LogP contribution in [0.4, 0.5) is 0 Å². The van der Waals surface area contributed by atoms with Gasteiger partial charge in [0.15, 0.2) is 0 Å². The molecule has 0 saturated carbocycles. The van der Waals surface area contributed by atoms with Gasteiger partial charge in [-0.25, -0.2) is 13.1 Å². The van der Waals surface area contributed by atoms with Gasteiger partial charge in [0.05, 0.1) is 4.88 Å². The zero-order valence-corrected chi connectivity index (χ0v) is 14.4. The van der Waals surface area contributed by atoms with Crippen LogP contribution in [0.25, 0.3) is 0 Å². The van der Waals surface area contributed by atoms with Crippen molar-refractivity contribution < 1.29 is 13.2 Å². The van der Waals surface area contributed by atoms with Crippen molar-refractivity contribution in [3.63, 3.8) is 0 Å². The SMILES string of the molecule is CNS(=O)(=O)c1sc(C(=O)N2CCN(C)CC2)cc1Br. The molecule has 1 aliphatic rings. The average Bonchev–Trinajstić information content (AvgIpc) is 2.81. The summed E-state index contributed by atoms with van der Waals surface area (Å²) in [6, 6.07) is 1.58. The van der Waals surface area contributed by atoms with E-state index < -0.39 is 10.0 Å². The number of amides is 1. The zero-order valence-electron chi connectivity index (χ0n) is 11.2. The molecule has 0 bridgehead atoms. The van der Waals surface area contributed by atoms with Crippen LogP contribution in [0.2, 0.25) is 0 Å². The fourth-order valence-electron chi connectivity index (χ4n) is 1.90. The Morgan fingerprint density at radius 1 is 1.35 bits per heavy atom. The lowest BCUT2D eigenvalue weighted by Gasteiger charge is -2.32. The number of nitrogens with zero attached hydrogens (tertiary/aromatic N) is 2. The Hall–Kier alpha value is -0.480. The Kier molecular flexibility index (Phi) is 4.85. The summed E-state index contributed by atoms with van der Waals surface area (Å²) in [5.41, 5.74) is 0. The van der Waals surface area contributed by atoms with Crippen LogP contribution in [0.5, 0.6) is 0 Å². The van der Waals surface area contributed by atoms with Gasteiger partial charge >= 0.3 is 0 Å². The third-order valence-corrected chi connectivity index (χ3v) is 7.39. The van der Waals surface area contributed by atoms with Crippen molar-refractivity contribution in [2.75, 3.05) is 40.3 Å². The Balaban J connectivity index is 2.22. The molecule has 1 aromatic heterocycles. The standard InChI is InChI=1S/C11H16BrN3O3S2/c1-13-20(17,18)11-8(12)7-9(19-11)10(16)15-5-3-14(2)4-6-15/h7,13H,3-6H2,1-2H3. The summed E-state index contributed by atoms with van der Waals surface area (Å²) in [6.45, 7) is 3.00. The first kappa shape index (κ1) is 15.9. The largest absolute Gasteiger partial charge is 0.335 e. The minimum absolute atomic E-state index is 0.110. The molecular formula is C11H16BrN3O3S2. The number of hydrogen-bond acceptors (Lipinski definition) is 5. The fourth-order valence-corrected chi connectivity index (χ4v) is 5.37. The van der Waals surface area contributed by atoms with Gasteiger partial charge in [-0.2, -0.15) is 0 Å². The molecule has 1 saturated heterocycles. The van der Waals surface area contributed by atoms with E-state index in [0.29, 0.717) is 22.4 Å². The Labute approximate surface area is 130 Å². The van der Waals surface area contributed by atoms with Crippen LogP contribution >= 0.6 is 27.3 Å². The molecular weight excluding hydrogens is 366 g/mol. The highest BCUT2D eigenvalue weighted by molar-refractivity contribution is 9.10. The summed E-state index contributed by atoms with van der Waals surface area (Å²) in [6.07, 6.45) is 0. The van der Waals surface area contributed by atoms with Crippen LogP contribution in [0.3, 0.4) is 0 Å². The second-order valence-electron chi connectivity index (χ2n) is 4.55. The summed E-state index contributed by atoms with van der Waals surface area (Å²) < 4.78 is 26.4. The van der Waals surface area contributed by atoms with Gasteiger partial charge in [0, 0.05) is 30.7 Å². The molecule has 1 aromatic rings. The summed E-state index contributed by atoms with van der Waals surface area (Å²) in [5.74, 6) is -0.110. The van der Waals surface area contributed by atoms with Gasteiger partial charge in [0.1, 0.15) is 4.21 Å². The van der Waals surface area contributed by atoms with Crippen LogP contribution in [0.1, 0.15) is 9.67 Å². The minimum atomic E-state index is -3.54. The molecule has 1 N–H and O–H groups in total. The number of hydrogen-bond donors (Lipinski definition) is 1. The average molecular weight is 382 g/mol. The maximum Gasteiger partial charge on any atom is 0.264 e. The lowest BCUT2D eigenvalue weighted by atomic mass is 10.3. The van der Waals surface area contributed by atoms with Crippen LogP contribution in [-0.2, 0) is 10.0 Å². The first-order valence-corrected chi connectivity index (χ1v) is 9.15. The molecule has 0 atom stereocenters. The van der Waals surface area contributed by atoms with Crippen molar-refractivity contribution in [3.8, 4) is 0 Å². The molecule has 0 spiro atoms. The van der Waals surface area contributed by atoms with Crippen molar-refractivity contribution in [2.45, 2.75) is 4.21 Å². The number of sulfonamides is 1. The highest BCUT2D eigenvalue weighted by atomic mass is 79.9. The minimum Gasteiger partial charge on any atom is -0.335 e. The van der Waals surface area contributed by atoms with Crippen molar-refractivity contribution in [3.05, 3.63) is 15.4 Å². The monoisotopic (exact) mass is 381 g/mol. The summed E-state index contributed by atoms with van der Waals surface area (Å²) in [4.78, 5) is 16.7. The number of carbonyl (C=O) groups excluding carboxylic acids is 1. The maximum absolute atomic E-state index is 12.4. The van der Waals surface area contributed by atoms with Crippen molar-refractivity contribution >= 4 is 43.2 Å². The Bertz CT molecular complexity index is 606. The summed E-state index contributed by atoms with van der Waals surface area (Å²) in [7, 11) is -0.173. The van der Waals surface area contributed by atoms with Gasteiger partial charge in [0.2, 0.25) is 0 Å². The molecule has 9 heteroatoms. The first-order valence-electron chi connectivity index (χ1n) is 6.06. The third-order valence-electron chi connectivity index (χ3n) is 3.17. The van der Waals surface area contributed by atoms with Crippen molar-refractivity contribution in [1.82, 2.24) is 14.5 Å². The maximum atomic E-state index is 12.4. The number of piperazine rings is 1. The van der Waals surface area contributed by atoms with E-state index in [0.717, 1.165) is 24.4 Å². The molecule has 0 aliphatic carbocycles. The van der Waals surface area contributed by atoms with E-state index in [4.69, 9.17) is 0 Å². The van der Waals surface area contributed by atoms with E-state index in [1.807, 2.05) is 7.05 Å². The second kappa shape index (κ2) is 6.10. The molecule has 2 rings (SSSR count). The Morgan fingerprint density at radius 3 is 2.50 bits per heavy atom. The number of likely N-dealkylation sites (N-methyl/N-ethyl adjacent to an activating group) is 1. The first-order chi connectivity index (χ1) is 9.35. The smallest absolute Gasteiger partial charge is 0.264 e. The number of nitrogens with one attached hydrogen (secondary N) is 1. The summed E-state index contributed by atoms with van der Waals surface area (Å²) >= 11 is 4.20. The molecule has 0 unspecified atom stereocenters. The van der Waals surface area contributed by atoms with E-state index in [1.54, 1.807) is 11.0 Å². The van der Waals surface area contributed by atoms with Crippen molar-refractivity contribution in [2.24, 2.45) is 0 Å². The highest BCUT2D eigenvalue weighted by Gasteiger charge is 2.26. The zero-order chi connectivity index (χ0) is 14.9. The van der Waals surface area contributed by atoms with Gasteiger partial charge in [-0.15, -0.1) is 11.3 Å². The van der Waals surface area contributed by atoms with Crippen LogP contribution < -0.4 is 4.72 Å². The molecule has 1 amide bonds. The second-order valence-corrected chi connectivity index (χ2v) is 8.54. The molecule has 0 radical (unpaired) electrons.